The lowest BCUT2D eigenvalue weighted by Crippen LogP contribution is -1.76. The minimum Gasteiger partial charge on any atom is -0.506 e. The summed E-state index contributed by atoms with van der Waals surface area (Å²) in [5, 5.41) is 12.7. The molecule has 62 valence electrons. The number of rotatable bonds is 0. The van der Waals surface area contributed by atoms with Gasteiger partial charge in [-0.3, -0.25) is 0 Å². The average Bonchev–Trinajstić information content (AvgIpc) is 2.48. The number of hydrogen-bond donors (Lipinski definition) is 1. The smallest absolute Gasteiger partial charge is 0.133 e. The van der Waals surface area contributed by atoms with Gasteiger partial charge in [0.1, 0.15) is 5.75 Å². The third-order valence-electron chi connectivity index (χ3n) is 1.86. The van der Waals surface area contributed by atoms with Crippen LogP contribution in [-0.4, -0.2) is 5.11 Å². The van der Waals surface area contributed by atoms with Crippen molar-refractivity contribution >= 4 is 37.4 Å². The van der Waals surface area contributed by atoms with Gasteiger partial charge in [0.15, 0.2) is 0 Å². The third kappa shape index (κ3) is 1.04. The van der Waals surface area contributed by atoms with E-state index in [0.29, 0.717) is 5.75 Å². The highest BCUT2D eigenvalue weighted by Crippen LogP contribution is 2.37. The maximum absolute atomic E-state index is 9.58. The van der Waals surface area contributed by atoms with Crippen LogP contribution in [0.15, 0.2) is 22.0 Å². The number of phenolic OH excluding ortho intramolecular Hbond substituents is 1. The first-order chi connectivity index (χ1) is 5.70. The van der Waals surface area contributed by atoms with Gasteiger partial charge in [-0.2, -0.15) is 0 Å². The Bertz CT molecular complexity index is 433. The number of phenols is 1. The Hall–Kier alpha value is -0.540. The summed E-state index contributed by atoms with van der Waals surface area (Å²) in [6.45, 7) is 1.90. The van der Waals surface area contributed by atoms with Crippen LogP contribution in [0.4, 0.5) is 0 Å². The van der Waals surface area contributed by atoms with Crippen molar-refractivity contribution in [1.29, 1.82) is 0 Å². The van der Waals surface area contributed by atoms with E-state index in [9.17, 15) is 5.11 Å². The fourth-order valence-electron chi connectivity index (χ4n) is 1.18. The van der Waals surface area contributed by atoms with Crippen LogP contribution in [0.1, 0.15) is 5.56 Å². The number of thiophene rings is 1. The van der Waals surface area contributed by atoms with Crippen molar-refractivity contribution in [2.45, 2.75) is 6.92 Å². The largest absolute Gasteiger partial charge is 0.506 e. The van der Waals surface area contributed by atoms with Gasteiger partial charge in [-0.15, -0.1) is 11.3 Å². The van der Waals surface area contributed by atoms with Gasteiger partial charge in [-0.05, 0) is 45.9 Å². The van der Waals surface area contributed by atoms with Gasteiger partial charge < -0.3 is 5.11 Å². The zero-order valence-electron chi connectivity index (χ0n) is 6.47. The molecule has 0 aliphatic carbocycles. The summed E-state index contributed by atoms with van der Waals surface area (Å²) in [6, 6.07) is 4.00. The molecule has 0 aliphatic rings. The highest BCUT2D eigenvalue weighted by Gasteiger charge is 2.07. The SMILES string of the molecule is Cc1cc2sccc2c(Br)c1O. The van der Waals surface area contributed by atoms with E-state index >= 15 is 0 Å². The Balaban J connectivity index is 2.94. The number of fused-ring (bicyclic) bond motifs is 1. The van der Waals surface area contributed by atoms with Gasteiger partial charge in [0.25, 0.3) is 0 Å². The fourth-order valence-corrected chi connectivity index (χ4v) is 2.86. The third-order valence-corrected chi connectivity index (χ3v) is 3.53. The molecule has 3 heteroatoms. The van der Waals surface area contributed by atoms with Crippen molar-refractivity contribution < 1.29 is 5.11 Å². The number of hydrogen-bond acceptors (Lipinski definition) is 2. The van der Waals surface area contributed by atoms with Crippen LogP contribution in [0.5, 0.6) is 5.75 Å². The van der Waals surface area contributed by atoms with Crippen LogP contribution >= 0.6 is 27.3 Å². The summed E-state index contributed by atoms with van der Waals surface area (Å²) in [7, 11) is 0. The van der Waals surface area contributed by atoms with Crippen molar-refractivity contribution in [1.82, 2.24) is 0 Å². The predicted molar refractivity (Wildman–Crippen MR) is 55.9 cm³/mol. The lowest BCUT2D eigenvalue weighted by atomic mass is 10.2. The molecule has 0 radical (unpaired) electrons. The summed E-state index contributed by atoms with van der Waals surface area (Å²) >= 11 is 5.05. The standard InChI is InChI=1S/C9H7BrOS/c1-5-4-7-6(2-3-12-7)8(10)9(5)11/h2-4,11H,1H3. The van der Waals surface area contributed by atoms with Crippen LogP contribution in [0.25, 0.3) is 10.1 Å². The normalized spacial score (nSPS) is 10.8. The van der Waals surface area contributed by atoms with Crippen LogP contribution in [0, 0.1) is 6.92 Å². The molecule has 1 aromatic heterocycles. The van der Waals surface area contributed by atoms with E-state index in [4.69, 9.17) is 0 Å². The van der Waals surface area contributed by atoms with Gasteiger partial charge in [-0.1, -0.05) is 0 Å². The Morgan fingerprint density at radius 2 is 2.25 bits per heavy atom. The molecule has 0 atom stereocenters. The van der Waals surface area contributed by atoms with Gasteiger partial charge >= 0.3 is 0 Å². The molecular formula is C9H7BrOS. The summed E-state index contributed by atoms with van der Waals surface area (Å²) in [6.07, 6.45) is 0. The molecule has 1 heterocycles. The maximum Gasteiger partial charge on any atom is 0.133 e. The first-order valence-electron chi connectivity index (χ1n) is 3.55. The summed E-state index contributed by atoms with van der Waals surface area (Å²) in [4.78, 5) is 0. The molecule has 0 fully saturated rings. The summed E-state index contributed by atoms with van der Waals surface area (Å²) in [5.41, 5.74) is 0.914. The van der Waals surface area contributed by atoms with Gasteiger partial charge in [-0.25, -0.2) is 0 Å². The molecule has 1 nitrogen and oxygen atoms in total. The second-order valence-electron chi connectivity index (χ2n) is 2.69. The van der Waals surface area contributed by atoms with Gasteiger partial charge in [0.2, 0.25) is 0 Å². The Morgan fingerprint density at radius 1 is 1.50 bits per heavy atom. The average molecular weight is 243 g/mol. The van der Waals surface area contributed by atoms with Crippen molar-refractivity contribution in [2.24, 2.45) is 0 Å². The minimum atomic E-state index is 0.348. The Labute approximate surface area is 82.8 Å². The first kappa shape index (κ1) is 8.08. The molecule has 12 heavy (non-hydrogen) atoms. The molecule has 0 amide bonds. The monoisotopic (exact) mass is 242 g/mol. The van der Waals surface area contributed by atoms with Crippen LogP contribution in [-0.2, 0) is 0 Å². The van der Waals surface area contributed by atoms with Crippen LogP contribution in [0.3, 0.4) is 0 Å². The fraction of sp³-hybridized carbons (Fsp3) is 0.111. The van der Waals surface area contributed by atoms with Crippen molar-refractivity contribution in [3.8, 4) is 5.75 Å². The van der Waals surface area contributed by atoms with Gasteiger partial charge in [0.05, 0.1) is 4.47 Å². The second-order valence-corrected chi connectivity index (χ2v) is 4.43. The minimum absolute atomic E-state index is 0.348. The van der Waals surface area contributed by atoms with E-state index in [1.807, 2.05) is 24.4 Å². The first-order valence-corrected chi connectivity index (χ1v) is 5.22. The number of aryl methyl sites for hydroxylation is 1. The molecule has 2 aromatic rings. The maximum atomic E-state index is 9.58. The molecule has 0 bridgehead atoms. The molecule has 0 saturated heterocycles. The number of aromatic hydroxyl groups is 1. The number of halogens is 1. The molecule has 2 rings (SSSR count). The molecule has 0 aliphatic heterocycles. The zero-order chi connectivity index (χ0) is 8.72. The lowest BCUT2D eigenvalue weighted by Gasteiger charge is -2.01. The van der Waals surface area contributed by atoms with E-state index < -0.39 is 0 Å². The quantitative estimate of drug-likeness (QED) is 0.748. The number of benzene rings is 1. The van der Waals surface area contributed by atoms with E-state index in [-0.39, 0.29) is 0 Å². The topological polar surface area (TPSA) is 20.2 Å². The lowest BCUT2D eigenvalue weighted by molar-refractivity contribution is 0.469. The van der Waals surface area contributed by atoms with Crippen molar-refractivity contribution in [3.63, 3.8) is 0 Å². The van der Waals surface area contributed by atoms with Crippen LogP contribution in [0.2, 0.25) is 0 Å². The molecule has 1 aromatic carbocycles. The highest BCUT2D eigenvalue weighted by atomic mass is 79.9. The molecule has 0 spiro atoms. The molecule has 0 unspecified atom stereocenters. The zero-order valence-corrected chi connectivity index (χ0v) is 8.87. The summed E-state index contributed by atoms with van der Waals surface area (Å²) < 4.78 is 2.01. The van der Waals surface area contributed by atoms with Crippen LogP contribution < -0.4 is 0 Å². The van der Waals surface area contributed by atoms with E-state index in [1.54, 1.807) is 11.3 Å². The molecule has 0 saturated carbocycles. The van der Waals surface area contributed by atoms with E-state index in [1.165, 1.54) is 4.70 Å². The Kier molecular flexibility index (Phi) is 1.85. The molecular weight excluding hydrogens is 236 g/mol. The van der Waals surface area contributed by atoms with E-state index in [2.05, 4.69) is 15.9 Å². The van der Waals surface area contributed by atoms with Crippen molar-refractivity contribution in [3.05, 3.63) is 27.5 Å². The van der Waals surface area contributed by atoms with Gasteiger partial charge in [0, 0.05) is 10.1 Å². The Morgan fingerprint density at radius 3 is 3.00 bits per heavy atom. The second kappa shape index (κ2) is 2.75. The predicted octanol–water partition coefficient (Wildman–Crippen LogP) is 3.68. The molecule has 1 N–H and O–H groups in total. The van der Waals surface area contributed by atoms with Crippen molar-refractivity contribution in [2.75, 3.05) is 0 Å². The highest BCUT2D eigenvalue weighted by molar-refractivity contribution is 9.10. The summed E-state index contributed by atoms with van der Waals surface area (Å²) in [5.74, 6) is 0.348. The van der Waals surface area contributed by atoms with E-state index in [0.717, 1.165) is 15.4 Å².